The lowest BCUT2D eigenvalue weighted by Crippen LogP contribution is -2.46. The number of nitrogens with one attached hydrogen (secondary N) is 2. The first-order chi connectivity index (χ1) is 13.0. The highest BCUT2D eigenvalue weighted by Gasteiger charge is 2.54. The van der Waals surface area contributed by atoms with Crippen molar-refractivity contribution in [3.8, 4) is 0 Å². The number of thiophene rings is 1. The van der Waals surface area contributed by atoms with Crippen LogP contribution in [0.15, 0.2) is 35.7 Å². The van der Waals surface area contributed by atoms with Crippen molar-refractivity contribution in [3.05, 3.63) is 56.7 Å². The number of fused-ring (bicyclic) bond motifs is 2. The van der Waals surface area contributed by atoms with Gasteiger partial charge in [-0.25, -0.2) is 4.79 Å². The molecule has 1 aliphatic carbocycles. The van der Waals surface area contributed by atoms with E-state index in [0.29, 0.717) is 11.4 Å². The molecule has 4 amide bonds. The van der Waals surface area contributed by atoms with E-state index in [4.69, 9.17) is 11.6 Å². The Morgan fingerprint density at radius 2 is 2.19 bits per heavy atom. The highest BCUT2D eigenvalue weighted by atomic mass is 35.5. The number of halogens is 1. The maximum atomic E-state index is 13.1. The van der Waals surface area contributed by atoms with Crippen molar-refractivity contribution in [2.24, 2.45) is 0 Å². The first kappa shape index (κ1) is 18.0. The molecular weight excluding hydrogens is 386 g/mol. The minimum absolute atomic E-state index is 0.281. The van der Waals surface area contributed by atoms with E-state index in [0.717, 1.165) is 33.7 Å². The molecule has 0 saturated carbocycles. The largest absolute Gasteiger partial charge is 0.350 e. The minimum Gasteiger partial charge on any atom is -0.350 e. The number of benzene rings is 1. The van der Waals surface area contributed by atoms with Gasteiger partial charge in [-0.3, -0.25) is 14.5 Å². The molecule has 1 aliphatic heterocycles. The first-order valence-corrected chi connectivity index (χ1v) is 9.97. The van der Waals surface area contributed by atoms with Gasteiger partial charge in [-0.05, 0) is 48.4 Å². The number of aryl methyl sites for hydroxylation is 1. The monoisotopic (exact) mass is 403 g/mol. The molecule has 2 aliphatic rings. The molecule has 0 unspecified atom stereocenters. The van der Waals surface area contributed by atoms with Crippen LogP contribution in [0.3, 0.4) is 0 Å². The van der Waals surface area contributed by atoms with E-state index in [1.54, 1.807) is 29.5 Å². The molecule has 140 valence electrons. The van der Waals surface area contributed by atoms with Crippen molar-refractivity contribution in [2.45, 2.75) is 31.3 Å². The summed E-state index contributed by atoms with van der Waals surface area (Å²) in [5, 5.41) is 8.10. The van der Waals surface area contributed by atoms with Crippen LogP contribution in [0.2, 0.25) is 5.02 Å². The van der Waals surface area contributed by atoms with Crippen LogP contribution >= 0.6 is 22.9 Å². The lowest BCUT2D eigenvalue weighted by Gasteiger charge is -2.31. The summed E-state index contributed by atoms with van der Waals surface area (Å²) in [6, 6.07) is 8.53. The lowest BCUT2D eigenvalue weighted by atomic mass is 9.80. The van der Waals surface area contributed by atoms with Crippen molar-refractivity contribution in [1.82, 2.24) is 15.5 Å². The predicted molar refractivity (Wildman–Crippen MR) is 102 cm³/mol. The number of imide groups is 1. The van der Waals surface area contributed by atoms with Gasteiger partial charge in [-0.2, -0.15) is 0 Å². The quantitative estimate of drug-likeness (QED) is 0.770. The molecule has 27 heavy (non-hydrogen) atoms. The predicted octanol–water partition coefficient (Wildman–Crippen LogP) is 2.80. The number of carbonyl (C=O) groups excluding carboxylic acids is 3. The number of rotatable bonds is 4. The van der Waals surface area contributed by atoms with Gasteiger partial charge >= 0.3 is 6.03 Å². The Bertz CT molecular complexity index is 928. The SMILES string of the molecule is O=C(CN1C(=O)N[C@@]2(CCCc3sccc32)C1=O)NCc1cccc(Cl)c1. The van der Waals surface area contributed by atoms with Gasteiger partial charge in [0.05, 0.1) is 0 Å². The minimum atomic E-state index is -1.02. The van der Waals surface area contributed by atoms with Crippen LogP contribution in [-0.2, 0) is 28.1 Å². The van der Waals surface area contributed by atoms with Crippen LogP contribution < -0.4 is 10.6 Å². The average Bonchev–Trinajstić information content (AvgIpc) is 3.21. The van der Waals surface area contributed by atoms with Crippen molar-refractivity contribution in [3.63, 3.8) is 0 Å². The third kappa shape index (κ3) is 3.21. The Morgan fingerprint density at radius 3 is 3.00 bits per heavy atom. The molecule has 8 heteroatoms. The molecule has 2 heterocycles. The number of nitrogens with zero attached hydrogens (tertiary/aromatic N) is 1. The summed E-state index contributed by atoms with van der Waals surface area (Å²) in [6.07, 6.45) is 2.30. The number of carbonyl (C=O) groups is 3. The third-order valence-electron chi connectivity index (χ3n) is 5.02. The maximum Gasteiger partial charge on any atom is 0.325 e. The standard InChI is InChI=1S/C19H18ClN3O3S/c20-13-4-1-3-12(9-13)10-21-16(24)11-23-17(25)19(22-18(23)26)7-2-5-15-14(19)6-8-27-15/h1,3-4,6,8-9H,2,5,7,10-11H2,(H,21,24)(H,22,26)/t19-/m1/s1. The van der Waals surface area contributed by atoms with Crippen LogP contribution in [0, 0.1) is 0 Å². The van der Waals surface area contributed by atoms with Gasteiger partial charge in [-0.1, -0.05) is 23.7 Å². The van der Waals surface area contributed by atoms with E-state index < -0.39 is 17.5 Å². The van der Waals surface area contributed by atoms with Crippen LogP contribution in [0.5, 0.6) is 0 Å². The van der Waals surface area contributed by atoms with Crippen molar-refractivity contribution in [2.75, 3.05) is 6.54 Å². The molecule has 4 rings (SSSR count). The molecule has 0 bridgehead atoms. The van der Waals surface area contributed by atoms with Crippen LogP contribution in [-0.4, -0.2) is 29.3 Å². The van der Waals surface area contributed by atoms with Gasteiger partial charge in [0, 0.05) is 22.0 Å². The molecule has 1 atom stereocenters. The summed E-state index contributed by atoms with van der Waals surface area (Å²) in [7, 11) is 0. The van der Waals surface area contributed by atoms with E-state index >= 15 is 0 Å². The van der Waals surface area contributed by atoms with Crippen molar-refractivity contribution in [1.29, 1.82) is 0 Å². The number of hydrogen-bond acceptors (Lipinski definition) is 4. The van der Waals surface area contributed by atoms with Crippen LogP contribution in [0.25, 0.3) is 0 Å². The Morgan fingerprint density at radius 1 is 1.33 bits per heavy atom. The zero-order chi connectivity index (χ0) is 19.0. The Hall–Kier alpha value is -2.38. The second-order valence-electron chi connectivity index (χ2n) is 6.74. The molecule has 0 radical (unpaired) electrons. The summed E-state index contributed by atoms with van der Waals surface area (Å²) in [6.45, 7) is -0.0185. The van der Waals surface area contributed by atoms with Gasteiger partial charge in [0.25, 0.3) is 5.91 Å². The summed E-state index contributed by atoms with van der Waals surface area (Å²) in [5.74, 6) is -0.735. The topological polar surface area (TPSA) is 78.5 Å². The fourth-order valence-corrected chi connectivity index (χ4v) is 4.94. The first-order valence-electron chi connectivity index (χ1n) is 8.72. The Labute approximate surface area is 165 Å². The molecular formula is C19H18ClN3O3S. The van der Waals surface area contributed by atoms with Gasteiger partial charge in [0.2, 0.25) is 5.91 Å². The normalized spacial score (nSPS) is 21.3. The van der Waals surface area contributed by atoms with E-state index in [9.17, 15) is 14.4 Å². The van der Waals surface area contributed by atoms with Crippen molar-refractivity contribution < 1.29 is 14.4 Å². The molecule has 1 aromatic heterocycles. The smallest absolute Gasteiger partial charge is 0.325 e. The molecule has 2 aromatic rings. The summed E-state index contributed by atoms with van der Waals surface area (Å²) in [5.41, 5.74) is 0.705. The molecule has 1 aromatic carbocycles. The second kappa shape index (κ2) is 6.98. The lowest BCUT2D eigenvalue weighted by molar-refractivity contribution is -0.135. The summed E-state index contributed by atoms with van der Waals surface area (Å²) < 4.78 is 0. The van der Waals surface area contributed by atoms with E-state index in [1.807, 2.05) is 17.5 Å². The fraction of sp³-hybridized carbons (Fsp3) is 0.316. The van der Waals surface area contributed by atoms with Crippen LogP contribution in [0.4, 0.5) is 4.79 Å². The summed E-state index contributed by atoms with van der Waals surface area (Å²) in [4.78, 5) is 39.9. The van der Waals surface area contributed by atoms with E-state index in [2.05, 4.69) is 10.6 Å². The van der Waals surface area contributed by atoms with Gasteiger partial charge < -0.3 is 10.6 Å². The van der Waals surface area contributed by atoms with E-state index in [-0.39, 0.29) is 19.0 Å². The van der Waals surface area contributed by atoms with Crippen molar-refractivity contribution >= 4 is 40.8 Å². The number of urea groups is 1. The molecule has 1 spiro atoms. The average molecular weight is 404 g/mol. The maximum absolute atomic E-state index is 13.1. The molecule has 1 fully saturated rings. The highest BCUT2D eigenvalue weighted by molar-refractivity contribution is 7.10. The van der Waals surface area contributed by atoms with Gasteiger partial charge in [-0.15, -0.1) is 11.3 Å². The van der Waals surface area contributed by atoms with Gasteiger partial charge in [0.15, 0.2) is 0 Å². The Kier molecular flexibility index (Phi) is 4.65. The second-order valence-corrected chi connectivity index (χ2v) is 8.18. The zero-order valence-corrected chi connectivity index (χ0v) is 16.0. The number of hydrogen-bond donors (Lipinski definition) is 2. The van der Waals surface area contributed by atoms with E-state index in [1.165, 1.54) is 0 Å². The number of amides is 4. The zero-order valence-electron chi connectivity index (χ0n) is 14.5. The third-order valence-corrected chi connectivity index (χ3v) is 6.23. The summed E-state index contributed by atoms with van der Waals surface area (Å²) >= 11 is 7.53. The van der Waals surface area contributed by atoms with Crippen LogP contribution in [0.1, 0.15) is 28.8 Å². The molecule has 2 N–H and O–H groups in total. The fourth-order valence-electron chi connectivity index (χ4n) is 3.73. The Balaban J connectivity index is 1.45. The molecule has 1 saturated heterocycles. The molecule has 6 nitrogen and oxygen atoms in total. The highest BCUT2D eigenvalue weighted by Crippen LogP contribution is 2.41. The van der Waals surface area contributed by atoms with Gasteiger partial charge in [0.1, 0.15) is 12.1 Å².